The van der Waals surface area contributed by atoms with Crippen molar-refractivity contribution in [3.63, 3.8) is 0 Å². The molecule has 1 aliphatic carbocycles. The highest BCUT2D eigenvalue weighted by Crippen LogP contribution is 2.56. The van der Waals surface area contributed by atoms with Gasteiger partial charge < -0.3 is 10.6 Å². The number of nitrogens with zero attached hydrogens (tertiary/aromatic N) is 2. The molecule has 0 amide bonds. The molecule has 4 N–H and O–H groups in total. The number of rotatable bonds is 3. The van der Waals surface area contributed by atoms with E-state index in [0.717, 1.165) is 17.7 Å². The van der Waals surface area contributed by atoms with Gasteiger partial charge in [0.15, 0.2) is 0 Å². The standard InChI is InChI=1S/C19H20N4O2S/c20-11-14-7-1-2-8-15(14)16-9-4-10-17-18(16)22-19(23-26(17,24)25)21-12-13-5-3-6-13/h1-2,4,7-10,13,24-25H,3,5-6,12H2,(H2,21,22,23). The first-order valence-electron chi connectivity index (χ1n) is 8.60. The van der Waals surface area contributed by atoms with Crippen molar-refractivity contribution in [3.05, 3.63) is 48.0 Å². The van der Waals surface area contributed by atoms with Gasteiger partial charge in [0.25, 0.3) is 0 Å². The van der Waals surface area contributed by atoms with Crippen LogP contribution in [0.1, 0.15) is 24.8 Å². The molecule has 0 bridgehead atoms. The second kappa shape index (κ2) is 6.65. The molecule has 0 spiro atoms. The van der Waals surface area contributed by atoms with Crippen molar-refractivity contribution in [1.29, 1.82) is 5.26 Å². The van der Waals surface area contributed by atoms with E-state index >= 15 is 0 Å². The third-order valence-electron chi connectivity index (χ3n) is 4.90. The minimum Gasteiger partial charge on any atom is -0.354 e. The van der Waals surface area contributed by atoms with Gasteiger partial charge in [-0.2, -0.15) is 5.26 Å². The number of para-hydroxylation sites is 1. The van der Waals surface area contributed by atoms with Gasteiger partial charge in [-0.05, 0) is 30.9 Å². The molecule has 0 unspecified atom stereocenters. The lowest BCUT2D eigenvalue weighted by Crippen LogP contribution is -2.38. The summed E-state index contributed by atoms with van der Waals surface area (Å²) in [5, 5.41) is 15.8. The highest BCUT2D eigenvalue weighted by Gasteiger charge is 2.29. The highest BCUT2D eigenvalue weighted by atomic mass is 32.3. The Kier molecular flexibility index (Phi) is 4.32. The van der Waals surface area contributed by atoms with Crippen LogP contribution >= 0.6 is 10.8 Å². The van der Waals surface area contributed by atoms with E-state index in [9.17, 15) is 14.4 Å². The van der Waals surface area contributed by atoms with Gasteiger partial charge in [0.05, 0.1) is 17.3 Å². The molecular weight excluding hydrogens is 348 g/mol. The zero-order chi connectivity index (χ0) is 18.1. The molecule has 6 nitrogen and oxygen atoms in total. The Morgan fingerprint density at radius 2 is 1.92 bits per heavy atom. The average molecular weight is 368 g/mol. The Morgan fingerprint density at radius 1 is 1.15 bits per heavy atom. The van der Waals surface area contributed by atoms with E-state index < -0.39 is 10.8 Å². The van der Waals surface area contributed by atoms with Crippen LogP contribution in [0.5, 0.6) is 0 Å². The maximum Gasteiger partial charge on any atom is 0.218 e. The number of hydrogen-bond donors (Lipinski definition) is 4. The van der Waals surface area contributed by atoms with E-state index in [1.807, 2.05) is 24.3 Å². The summed E-state index contributed by atoms with van der Waals surface area (Å²) in [6.45, 7) is 0.758. The van der Waals surface area contributed by atoms with E-state index in [1.54, 1.807) is 18.2 Å². The first kappa shape index (κ1) is 16.9. The van der Waals surface area contributed by atoms with E-state index in [4.69, 9.17) is 0 Å². The average Bonchev–Trinajstić information content (AvgIpc) is 2.59. The Labute approximate surface area is 154 Å². The van der Waals surface area contributed by atoms with Gasteiger partial charge in [0, 0.05) is 17.7 Å². The predicted molar refractivity (Wildman–Crippen MR) is 104 cm³/mol. The van der Waals surface area contributed by atoms with Crippen LogP contribution in [0.4, 0.5) is 5.69 Å². The van der Waals surface area contributed by atoms with E-state index in [1.165, 1.54) is 19.3 Å². The van der Waals surface area contributed by atoms with Crippen LogP contribution < -0.4 is 10.6 Å². The lowest BCUT2D eigenvalue weighted by molar-refractivity contribution is 0.315. The molecule has 7 heteroatoms. The van der Waals surface area contributed by atoms with Gasteiger partial charge in [0.2, 0.25) is 5.96 Å². The summed E-state index contributed by atoms with van der Waals surface area (Å²) in [5.74, 6) is 0.975. The van der Waals surface area contributed by atoms with Crippen LogP contribution in [0.3, 0.4) is 0 Å². The van der Waals surface area contributed by atoms with Gasteiger partial charge in [0.1, 0.15) is 4.90 Å². The number of nitriles is 1. The molecular formula is C19H20N4O2S. The number of guanidine groups is 1. The molecule has 2 aromatic carbocycles. The number of hydrogen-bond acceptors (Lipinski definition) is 6. The van der Waals surface area contributed by atoms with Crippen molar-refractivity contribution in [2.75, 3.05) is 11.9 Å². The Hall–Kier alpha value is -2.53. The maximum absolute atomic E-state index is 10.5. The second-order valence-corrected chi connectivity index (χ2v) is 8.26. The Balaban J connectivity index is 1.73. The molecule has 26 heavy (non-hydrogen) atoms. The van der Waals surface area contributed by atoms with E-state index in [2.05, 4.69) is 21.1 Å². The first-order chi connectivity index (χ1) is 12.6. The molecule has 2 aliphatic rings. The molecule has 134 valence electrons. The lowest BCUT2D eigenvalue weighted by atomic mass is 9.85. The number of fused-ring (bicyclic) bond motifs is 1. The molecule has 1 aliphatic heterocycles. The Morgan fingerprint density at radius 3 is 2.65 bits per heavy atom. The molecule has 1 fully saturated rings. The Bertz CT molecular complexity index is 916. The molecule has 1 saturated carbocycles. The molecule has 0 atom stereocenters. The van der Waals surface area contributed by atoms with Gasteiger partial charge in [-0.25, -0.2) is 0 Å². The van der Waals surface area contributed by atoms with Crippen molar-refractivity contribution in [3.8, 4) is 17.2 Å². The van der Waals surface area contributed by atoms with Crippen molar-refractivity contribution in [2.45, 2.75) is 24.2 Å². The summed E-state index contributed by atoms with van der Waals surface area (Å²) in [6.07, 6.45) is 3.63. The summed E-state index contributed by atoms with van der Waals surface area (Å²) < 4.78 is 25.2. The highest BCUT2D eigenvalue weighted by molar-refractivity contribution is 8.23. The fraction of sp³-hybridized carbons (Fsp3) is 0.263. The van der Waals surface area contributed by atoms with Crippen LogP contribution in [-0.4, -0.2) is 21.6 Å². The molecule has 2 aromatic rings. The normalized spacial score (nSPS) is 19.2. The number of anilines is 1. The summed E-state index contributed by atoms with van der Waals surface area (Å²) in [5.41, 5.74) is 2.61. The summed E-state index contributed by atoms with van der Waals surface area (Å²) in [6, 6.07) is 14.7. The smallest absolute Gasteiger partial charge is 0.218 e. The van der Waals surface area contributed by atoms with Crippen molar-refractivity contribution < 1.29 is 9.11 Å². The van der Waals surface area contributed by atoms with E-state index in [0.29, 0.717) is 28.0 Å². The van der Waals surface area contributed by atoms with Crippen LogP contribution in [0, 0.1) is 17.2 Å². The quantitative estimate of drug-likeness (QED) is 0.642. The predicted octanol–water partition coefficient (Wildman–Crippen LogP) is 4.42. The largest absolute Gasteiger partial charge is 0.354 e. The zero-order valence-electron chi connectivity index (χ0n) is 14.1. The molecule has 0 radical (unpaired) electrons. The lowest BCUT2D eigenvalue weighted by Gasteiger charge is -2.36. The molecule has 4 rings (SSSR count). The fourth-order valence-corrected chi connectivity index (χ4v) is 4.42. The second-order valence-electron chi connectivity index (χ2n) is 6.60. The topological polar surface area (TPSA) is 101 Å². The summed E-state index contributed by atoms with van der Waals surface area (Å²) in [4.78, 5) is 0.344. The minimum absolute atomic E-state index is 0.344. The molecule has 1 heterocycles. The van der Waals surface area contributed by atoms with Gasteiger partial charge >= 0.3 is 0 Å². The van der Waals surface area contributed by atoms with Crippen molar-refractivity contribution >= 4 is 22.4 Å². The van der Waals surface area contributed by atoms with Crippen LogP contribution in [-0.2, 0) is 0 Å². The third kappa shape index (κ3) is 3.03. The number of benzene rings is 2. The minimum atomic E-state index is -3.30. The zero-order valence-corrected chi connectivity index (χ0v) is 15.0. The maximum atomic E-state index is 10.5. The van der Waals surface area contributed by atoms with Crippen LogP contribution in [0.15, 0.2) is 51.8 Å². The van der Waals surface area contributed by atoms with Gasteiger partial charge in [-0.3, -0.25) is 9.11 Å². The van der Waals surface area contributed by atoms with Gasteiger partial charge in [-0.15, -0.1) is 4.40 Å². The van der Waals surface area contributed by atoms with Crippen molar-refractivity contribution in [2.24, 2.45) is 10.3 Å². The summed E-state index contributed by atoms with van der Waals surface area (Å²) >= 11 is 0. The van der Waals surface area contributed by atoms with Crippen LogP contribution in [0.25, 0.3) is 11.1 Å². The third-order valence-corrected chi connectivity index (χ3v) is 6.27. The fourth-order valence-electron chi connectivity index (χ4n) is 3.26. The van der Waals surface area contributed by atoms with Crippen molar-refractivity contribution in [1.82, 2.24) is 5.32 Å². The van der Waals surface area contributed by atoms with Crippen LogP contribution in [0.2, 0.25) is 0 Å². The SMILES string of the molecule is N#Cc1ccccc1-c1cccc2c1NC(NCC1CCC1)=NS2(O)O. The molecule has 0 aromatic heterocycles. The summed E-state index contributed by atoms with van der Waals surface area (Å²) in [7, 11) is -3.30. The van der Waals surface area contributed by atoms with E-state index in [-0.39, 0.29) is 0 Å². The first-order valence-corrected chi connectivity index (χ1v) is 10.1. The number of nitrogens with one attached hydrogen (secondary N) is 2. The van der Waals surface area contributed by atoms with Gasteiger partial charge in [-0.1, -0.05) is 47.5 Å². The monoisotopic (exact) mass is 368 g/mol. The molecule has 0 saturated heterocycles.